The number of hydrogen-bond donors (Lipinski definition) is 0. The van der Waals surface area contributed by atoms with Gasteiger partial charge in [-0.3, -0.25) is 9.59 Å². The fourth-order valence-electron chi connectivity index (χ4n) is 3.77. The maximum absolute atomic E-state index is 13.3. The van der Waals surface area contributed by atoms with E-state index in [9.17, 15) is 9.59 Å². The van der Waals surface area contributed by atoms with Crippen LogP contribution in [-0.2, 0) is 22.6 Å². The number of hydrogen-bond acceptors (Lipinski definition) is 3. The summed E-state index contributed by atoms with van der Waals surface area (Å²) < 4.78 is 5.98. The number of fused-ring (bicyclic) bond motifs is 2. The number of likely N-dealkylation sites (N-methyl/N-ethyl adjacent to an activating group) is 1. The molecule has 0 saturated heterocycles. The average molecular weight is 350 g/mol. The fourth-order valence-corrected chi connectivity index (χ4v) is 3.77. The van der Waals surface area contributed by atoms with Gasteiger partial charge in [-0.1, -0.05) is 30.3 Å². The summed E-state index contributed by atoms with van der Waals surface area (Å²) in [5.74, 6) is -0.0551. The number of carbonyl (C=O) groups excluding carboxylic acids is 2. The zero-order valence-corrected chi connectivity index (χ0v) is 15.3. The van der Waals surface area contributed by atoms with Crippen LogP contribution in [0, 0.1) is 6.92 Å². The Hall–Kier alpha value is -2.82. The number of carbonyl (C=O) groups is 2. The van der Waals surface area contributed by atoms with E-state index in [1.807, 2.05) is 43.3 Å². The molecule has 0 fully saturated rings. The van der Waals surface area contributed by atoms with Crippen molar-refractivity contribution in [3.63, 3.8) is 0 Å². The molecule has 134 valence electrons. The predicted octanol–water partition coefficient (Wildman–Crippen LogP) is 2.69. The van der Waals surface area contributed by atoms with Gasteiger partial charge in [-0.15, -0.1) is 0 Å². The van der Waals surface area contributed by atoms with E-state index in [4.69, 9.17) is 4.74 Å². The van der Waals surface area contributed by atoms with Crippen molar-refractivity contribution in [3.8, 4) is 5.75 Å². The van der Waals surface area contributed by atoms with Crippen molar-refractivity contribution in [1.29, 1.82) is 0 Å². The molecule has 2 aliphatic heterocycles. The Kier molecular flexibility index (Phi) is 3.75. The molecule has 2 aromatic rings. The molecule has 0 aromatic heterocycles. The molecule has 0 bridgehead atoms. The van der Waals surface area contributed by atoms with Gasteiger partial charge in [0, 0.05) is 20.1 Å². The molecule has 1 atom stereocenters. The molecule has 0 spiro atoms. The Morgan fingerprint density at radius 1 is 1.15 bits per heavy atom. The molecule has 2 amide bonds. The Morgan fingerprint density at radius 3 is 2.65 bits per heavy atom. The van der Waals surface area contributed by atoms with Gasteiger partial charge < -0.3 is 14.5 Å². The van der Waals surface area contributed by atoms with E-state index in [-0.39, 0.29) is 11.8 Å². The Labute approximate surface area is 153 Å². The average Bonchev–Trinajstić information content (AvgIpc) is 2.66. The summed E-state index contributed by atoms with van der Waals surface area (Å²) in [6.07, 6.45) is 0.789. The smallest absolute Gasteiger partial charge is 0.280 e. The molecular formula is C21H22N2O3. The Morgan fingerprint density at radius 2 is 1.88 bits per heavy atom. The number of aryl methyl sites for hydroxylation is 1. The van der Waals surface area contributed by atoms with Gasteiger partial charge in [0.25, 0.3) is 17.4 Å². The summed E-state index contributed by atoms with van der Waals surface area (Å²) in [4.78, 5) is 29.5. The first-order chi connectivity index (χ1) is 12.4. The zero-order chi connectivity index (χ0) is 18.5. The quantitative estimate of drug-likeness (QED) is 0.743. The minimum atomic E-state index is -1.54. The van der Waals surface area contributed by atoms with Crippen LogP contribution in [0.4, 0.5) is 5.69 Å². The molecule has 0 saturated carbocycles. The molecular weight excluding hydrogens is 328 g/mol. The largest absolute Gasteiger partial charge is 0.465 e. The lowest BCUT2D eigenvalue weighted by Gasteiger charge is -2.41. The standard InChI is InChI=1S/C21H22N2O3/c1-14-8-9-18-17(12-14)22(3)19(24)21(2,26-18)20(25)23-11-10-15-6-4-5-7-16(15)13-23/h4-9,12H,10-11,13H2,1-3H3. The van der Waals surface area contributed by atoms with E-state index in [0.29, 0.717) is 24.5 Å². The van der Waals surface area contributed by atoms with Crippen LogP contribution in [0.15, 0.2) is 42.5 Å². The van der Waals surface area contributed by atoms with Crippen molar-refractivity contribution in [1.82, 2.24) is 4.90 Å². The molecule has 2 aromatic carbocycles. The third kappa shape index (κ3) is 2.46. The molecule has 5 nitrogen and oxygen atoms in total. The maximum atomic E-state index is 13.3. The van der Waals surface area contributed by atoms with E-state index in [1.165, 1.54) is 10.5 Å². The highest BCUT2D eigenvalue weighted by molar-refractivity contribution is 6.16. The molecule has 0 aliphatic carbocycles. The predicted molar refractivity (Wildman–Crippen MR) is 99.2 cm³/mol. The lowest BCUT2D eigenvalue weighted by Crippen LogP contribution is -2.62. The van der Waals surface area contributed by atoms with Crippen LogP contribution in [-0.4, -0.2) is 35.9 Å². The lowest BCUT2D eigenvalue weighted by molar-refractivity contribution is -0.156. The summed E-state index contributed by atoms with van der Waals surface area (Å²) >= 11 is 0. The van der Waals surface area contributed by atoms with Crippen LogP contribution in [0.25, 0.3) is 0 Å². The van der Waals surface area contributed by atoms with Crippen LogP contribution >= 0.6 is 0 Å². The number of nitrogens with zero attached hydrogens (tertiary/aromatic N) is 2. The van der Waals surface area contributed by atoms with E-state index < -0.39 is 5.60 Å². The van der Waals surface area contributed by atoms with Gasteiger partial charge >= 0.3 is 0 Å². The minimum absolute atomic E-state index is 0.282. The van der Waals surface area contributed by atoms with Crippen LogP contribution < -0.4 is 9.64 Å². The molecule has 1 unspecified atom stereocenters. The third-order valence-corrected chi connectivity index (χ3v) is 5.33. The van der Waals surface area contributed by atoms with Gasteiger partial charge in [-0.25, -0.2) is 0 Å². The lowest BCUT2D eigenvalue weighted by atomic mass is 9.95. The van der Waals surface area contributed by atoms with E-state index in [2.05, 4.69) is 6.07 Å². The first-order valence-electron chi connectivity index (χ1n) is 8.84. The van der Waals surface area contributed by atoms with Crippen LogP contribution in [0.2, 0.25) is 0 Å². The van der Waals surface area contributed by atoms with Crippen molar-refractivity contribution in [2.24, 2.45) is 0 Å². The second-order valence-electron chi connectivity index (χ2n) is 7.22. The molecule has 5 heteroatoms. The zero-order valence-electron chi connectivity index (χ0n) is 15.3. The van der Waals surface area contributed by atoms with Crippen molar-refractivity contribution in [2.75, 3.05) is 18.5 Å². The van der Waals surface area contributed by atoms with Crippen LogP contribution in [0.5, 0.6) is 5.75 Å². The summed E-state index contributed by atoms with van der Waals surface area (Å²) in [6.45, 7) is 4.64. The van der Waals surface area contributed by atoms with E-state index in [1.54, 1.807) is 18.9 Å². The number of amides is 2. The highest BCUT2D eigenvalue weighted by atomic mass is 16.5. The van der Waals surface area contributed by atoms with Crippen LogP contribution in [0.3, 0.4) is 0 Å². The molecule has 0 radical (unpaired) electrons. The van der Waals surface area contributed by atoms with Gasteiger partial charge in [0.05, 0.1) is 5.69 Å². The van der Waals surface area contributed by atoms with Crippen LogP contribution in [0.1, 0.15) is 23.6 Å². The van der Waals surface area contributed by atoms with Gasteiger partial charge in [0.15, 0.2) is 0 Å². The number of ether oxygens (including phenoxy) is 1. The van der Waals surface area contributed by atoms with Gasteiger partial charge in [0.1, 0.15) is 5.75 Å². The highest BCUT2D eigenvalue weighted by Gasteiger charge is 2.51. The maximum Gasteiger partial charge on any atom is 0.280 e. The summed E-state index contributed by atoms with van der Waals surface area (Å²) in [6, 6.07) is 13.8. The highest BCUT2D eigenvalue weighted by Crippen LogP contribution is 2.38. The molecule has 0 N–H and O–H groups in total. The van der Waals surface area contributed by atoms with E-state index >= 15 is 0 Å². The SMILES string of the molecule is Cc1ccc2c(c1)N(C)C(=O)C(C)(C(=O)N1CCc3ccccc3C1)O2. The number of benzene rings is 2. The summed E-state index contributed by atoms with van der Waals surface area (Å²) in [5, 5.41) is 0. The minimum Gasteiger partial charge on any atom is -0.465 e. The summed E-state index contributed by atoms with van der Waals surface area (Å²) in [7, 11) is 1.69. The topological polar surface area (TPSA) is 49.9 Å². The second-order valence-corrected chi connectivity index (χ2v) is 7.22. The van der Waals surface area contributed by atoms with Crippen molar-refractivity contribution >= 4 is 17.5 Å². The van der Waals surface area contributed by atoms with E-state index in [0.717, 1.165) is 17.5 Å². The molecule has 4 rings (SSSR count). The van der Waals surface area contributed by atoms with Gasteiger partial charge in [0.2, 0.25) is 0 Å². The second kappa shape index (κ2) is 5.87. The molecule has 26 heavy (non-hydrogen) atoms. The molecule has 2 aliphatic rings. The number of rotatable bonds is 1. The van der Waals surface area contributed by atoms with Gasteiger partial charge in [-0.05, 0) is 49.1 Å². The Bertz CT molecular complexity index is 908. The van der Waals surface area contributed by atoms with Gasteiger partial charge in [-0.2, -0.15) is 0 Å². The first-order valence-corrected chi connectivity index (χ1v) is 8.84. The fraction of sp³-hybridized carbons (Fsp3) is 0.333. The van der Waals surface area contributed by atoms with Crippen molar-refractivity contribution in [2.45, 2.75) is 32.4 Å². The molecule has 2 heterocycles. The Balaban J connectivity index is 1.65. The normalized spacial score (nSPS) is 21.7. The summed E-state index contributed by atoms with van der Waals surface area (Å²) in [5.41, 5.74) is 2.58. The monoisotopic (exact) mass is 350 g/mol. The number of anilines is 1. The van der Waals surface area contributed by atoms with Crippen molar-refractivity contribution in [3.05, 3.63) is 59.2 Å². The van der Waals surface area contributed by atoms with Crippen molar-refractivity contribution < 1.29 is 14.3 Å². The first kappa shape index (κ1) is 16.6. The third-order valence-electron chi connectivity index (χ3n) is 5.33.